The van der Waals surface area contributed by atoms with Crippen LogP contribution in [0, 0.1) is 5.82 Å². The number of sulfonamides is 1. The molecule has 0 aliphatic rings. The van der Waals surface area contributed by atoms with Gasteiger partial charge in [-0.25, -0.2) is 22.3 Å². The summed E-state index contributed by atoms with van der Waals surface area (Å²) >= 11 is 0. The smallest absolute Gasteiger partial charge is 0.326 e. The van der Waals surface area contributed by atoms with Crippen molar-refractivity contribution in [3.05, 3.63) is 30.1 Å². The predicted octanol–water partition coefficient (Wildman–Crippen LogP) is 0.183. The summed E-state index contributed by atoms with van der Waals surface area (Å²) in [5, 5.41) is 0. The number of halogens is 1. The molecule has 14 heavy (non-hydrogen) atoms. The number of carbonyl (C=O) groups excluding carboxylic acids is 1. The number of urea groups is 1. The van der Waals surface area contributed by atoms with Crippen molar-refractivity contribution in [1.29, 1.82) is 0 Å². The van der Waals surface area contributed by atoms with E-state index in [9.17, 15) is 17.6 Å². The molecule has 76 valence electrons. The van der Waals surface area contributed by atoms with Crippen LogP contribution in [-0.4, -0.2) is 14.4 Å². The highest BCUT2D eigenvalue weighted by Gasteiger charge is 2.15. The monoisotopic (exact) mass is 218 g/mol. The summed E-state index contributed by atoms with van der Waals surface area (Å²) in [6.45, 7) is 0. The van der Waals surface area contributed by atoms with Crippen molar-refractivity contribution in [2.45, 2.75) is 4.90 Å². The first-order valence-corrected chi connectivity index (χ1v) is 4.98. The van der Waals surface area contributed by atoms with Gasteiger partial charge in [0.2, 0.25) is 0 Å². The molecule has 2 amide bonds. The highest BCUT2D eigenvalue weighted by molar-refractivity contribution is 7.90. The minimum absolute atomic E-state index is 0.351. The number of amides is 2. The summed E-state index contributed by atoms with van der Waals surface area (Å²) in [7, 11) is -4.05. The van der Waals surface area contributed by atoms with Crippen LogP contribution >= 0.6 is 0 Å². The summed E-state index contributed by atoms with van der Waals surface area (Å²) in [5.74, 6) is -0.711. The average Bonchev–Trinajstić information content (AvgIpc) is 2.01. The van der Waals surface area contributed by atoms with Gasteiger partial charge in [0, 0.05) is 0 Å². The van der Waals surface area contributed by atoms with Crippen LogP contribution in [0.4, 0.5) is 9.18 Å². The Bertz CT molecular complexity index is 458. The zero-order valence-corrected chi connectivity index (χ0v) is 7.71. The normalized spacial score (nSPS) is 10.9. The van der Waals surface area contributed by atoms with Gasteiger partial charge in [0.05, 0.1) is 4.90 Å². The van der Waals surface area contributed by atoms with Crippen molar-refractivity contribution in [3.63, 3.8) is 0 Å². The lowest BCUT2D eigenvalue weighted by Gasteiger charge is -2.03. The molecule has 0 radical (unpaired) electrons. The molecule has 0 heterocycles. The van der Waals surface area contributed by atoms with Crippen LogP contribution in [0.3, 0.4) is 0 Å². The van der Waals surface area contributed by atoms with Gasteiger partial charge in [0.25, 0.3) is 10.0 Å². The standard InChI is InChI=1S/C7H7FN2O3S/c8-5-2-1-3-6(4-5)14(12,13)10-7(9)11/h1-4H,(H3,9,10,11). The van der Waals surface area contributed by atoms with Gasteiger partial charge in [-0.2, -0.15) is 0 Å². The van der Waals surface area contributed by atoms with Gasteiger partial charge in [-0.15, -0.1) is 0 Å². The van der Waals surface area contributed by atoms with Gasteiger partial charge in [-0.3, -0.25) is 0 Å². The molecule has 0 spiro atoms. The van der Waals surface area contributed by atoms with E-state index in [1.807, 2.05) is 0 Å². The molecule has 0 saturated heterocycles. The van der Waals surface area contributed by atoms with E-state index < -0.39 is 21.9 Å². The number of benzene rings is 1. The van der Waals surface area contributed by atoms with Gasteiger partial charge in [0.15, 0.2) is 0 Å². The van der Waals surface area contributed by atoms with Crippen LogP contribution in [0.15, 0.2) is 29.2 Å². The molecule has 0 aliphatic carbocycles. The summed E-state index contributed by atoms with van der Waals surface area (Å²) in [4.78, 5) is 9.96. The predicted molar refractivity (Wildman–Crippen MR) is 46.3 cm³/mol. The van der Waals surface area contributed by atoms with Crippen molar-refractivity contribution in [3.8, 4) is 0 Å². The lowest BCUT2D eigenvalue weighted by molar-refractivity contribution is 0.253. The van der Waals surface area contributed by atoms with Gasteiger partial charge in [-0.05, 0) is 18.2 Å². The first-order chi connectivity index (χ1) is 6.42. The third-order valence-electron chi connectivity index (χ3n) is 1.34. The van der Waals surface area contributed by atoms with Crippen LogP contribution in [0.25, 0.3) is 0 Å². The van der Waals surface area contributed by atoms with Gasteiger partial charge >= 0.3 is 6.03 Å². The zero-order valence-electron chi connectivity index (χ0n) is 6.90. The molecule has 5 nitrogen and oxygen atoms in total. The molecule has 0 aliphatic heterocycles. The van der Waals surface area contributed by atoms with E-state index in [1.165, 1.54) is 10.8 Å². The topological polar surface area (TPSA) is 89.3 Å². The van der Waals surface area contributed by atoms with Crippen LogP contribution in [0.5, 0.6) is 0 Å². The highest BCUT2D eigenvalue weighted by Crippen LogP contribution is 2.09. The fourth-order valence-electron chi connectivity index (χ4n) is 0.826. The van der Waals surface area contributed by atoms with E-state index in [0.29, 0.717) is 0 Å². The highest BCUT2D eigenvalue weighted by atomic mass is 32.2. The Morgan fingerprint density at radius 1 is 1.43 bits per heavy atom. The maximum Gasteiger partial charge on any atom is 0.326 e. The first kappa shape index (κ1) is 10.5. The maximum absolute atomic E-state index is 12.6. The minimum atomic E-state index is -4.05. The third kappa shape index (κ3) is 2.43. The van der Waals surface area contributed by atoms with E-state index in [1.54, 1.807) is 0 Å². The molecule has 1 aromatic rings. The molecule has 0 saturated carbocycles. The quantitative estimate of drug-likeness (QED) is 0.742. The second kappa shape index (κ2) is 3.62. The average molecular weight is 218 g/mol. The van der Waals surface area contributed by atoms with Crippen LogP contribution in [0.2, 0.25) is 0 Å². The zero-order chi connectivity index (χ0) is 10.8. The lowest BCUT2D eigenvalue weighted by atomic mass is 10.4. The maximum atomic E-state index is 12.6. The van der Waals surface area contributed by atoms with Crippen LogP contribution in [0.1, 0.15) is 0 Å². The van der Waals surface area contributed by atoms with E-state index >= 15 is 0 Å². The first-order valence-electron chi connectivity index (χ1n) is 3.49. The van der Waals surface area contributed by atoms with Crippen molar-refractivity contribution >= 4 is 16.1 Å². The molecular weight excluding hydrogens is 211 g/mol. The van der Waals surface area contributed by atoms with Gasteiger partial charge in [0.1, 0.15) is 5.82 Å². The number of primary amides is 1. The third-order valence-corrected chi connectivity index (χ3v) is 2.69. The molecule has 7 heteroatoms. The molecule has 0 fully saturated rings. The summed E-state index contributed by atoms with van der Waals surface area (Å²) in [6, 6.07) is 3.02. The fraction of sp³-hybridized carbons (Fsp3) is 0. The Morgan fingerprint density at radius 3 is 2.57 bits per heavy atom. The van der Waals surface area contributed by atoms with Crippen molar-refractivity contribution in [2.75, 3.05) is 0 Å². The van der Waals surface area contributed by atoms with Crippen LogP contribution < -0.4 is 10.5 Å². The van der Waals surface area contributed by atoms with Crippen LogP contribution in [-0.2, 0) is 10.0 Å². The van der Waals surface area contributed by atoms with Crippen molar-refractivity contribution < 1.29 is 17.6 Å². The fourth-order valence-corrected chi connectivity index (χ4v) is 1.73. The van der Waals surface area contributed by atoms with Gasteiger partial charge < -0.3 is 5.73 Å². The molecule has 0 unspecified atom stereocenters. The van der Waals surface area contributed by atoms with Crippen molar-refractivity contribution in [2.24, 2.45) is 5.73 Å². The molecular formula is C7H7FN2O3S. The number of hydrogen-bond acceptors (Lipinski definition) is 3. The number of nitrogens with one attached hydrogen (secondary N) is 1. The lowest BCUT2D eigenvalue weighted by Crippen LogP contribution is -2.34. The Morgan fingerprint density at radius 2 is 2.07 bits per heavy atom. The minimum Gasteiger partial charge on any atom is -0.351 e. The Hall–Kier alpha value is -1.63. The SMILES string of the molecule is NC(=O)NS(=O)(=O)c1cccc(F)c1. The molecule has 0 aromatic heterocycles. The van der Waals surface area contributed by atoms with E-state index in [-0.39, 0.29) is 4.90 Å². The molecule has 3 N–H and O–H groups in total. The van der Waals surface area contributed by atoms with E-state index in [4.69, 9.17) is 0 Å². The molecule has 0 atom stereocenters. The number of hydrogen-bond donors (Lipinski definition) is 2. The van der Waals surface area contributed by atoms with Crippen molar-refractivity contribution in [1.82, 2.24) is 4.72 Å². The summed E-state index contributed by atoms with van der Waals surface area (Å²) < 4.78 is 36.6. The number of carbonyl (C=O) groups is 1. The number of nitrogens with two attached hydrogens (primary N) is 1. The Balaban J connectivity index is 3.11. The second-order valence-electron chi connectivity index (χ2n) is 2.43. The molecule has 1 rings (SSSR count). The summed E-state index contributed by atoms with van der Waals surface area (Å²) in [5.41, 5.74) is 4.63. The van der Waals surface area contributed by atoms with Gasteiger partial charge in [-0.1, -0.05) is 6.07 Å². The summed E-state index contributed by atoms with van der Waals surface area (Å²) in [6.07, 6.45) is 0. The second-order valence-corrected chi connectivity index (χ2v) is 4.11. The van der Waals surface area contributed by atoms with E-state index in [2.05, 4.69) is 5.73 Å². The number of rotatable bonds is 2. The Labute approximate surface area is 79.8 Å². The molecule has 0 bridgehead atoms. The Kier molecular flexibility index (Phi) is 2.70. The largest absolute Gasteiger partial charge is 0.351 e. The molecule has 1 aromatic carbocycles. The van der Waals surface area contributed by atoms with E-state index in [0.717, 1.165) is 18.2 Å².